The van der Waals surface area contributed by atoms with Gasteiger partial charge in [0.1, 0.15) is 6.17 Å². The lowest BCUT2D eigenvalue weighted by atomic mass is 9.79. The Morgan fingerprint density at radius 1 is 1.00 bits per heavy atom. The van der Waals surface area contributed by atoms with Crippen LogP contribution < -0.4 is 5.32 Å². The maximum Gasteiger partial charge on any atom is 0.117 e. The Morgan fingerprint density at radius 2 is 1.75 bits per heavy atom. The van der Waals surface area contributed by atoms with Crippen LogP contribution in [0.1, 0.15) is 32.1 Å². The van der Waals surface area contributed by atoms with Crippen molar-refractivity contribution in [3.05, 3.63) is 0 Å². The fourth-order valence-corrected chi connectivity index (χ4v) is 2.69. The molecule has 0 radical (unpaired) electrons. The van der Waals surface area contributed by atoms with Crippen LogP contribution in [0.5, 0.6) is 0 Å². The summed E-state index contributed by atoms with van der Waals surface area (Å²) in [6.45, 7) is 1.52. The van der Waals surface area contributed by atoms with E-state index in [0.29, 0.717) is 18.4 Å². The van der Waals surface area contributed by atoms with Gasteiger partial charge in [-0.2, -0.15) is 0 Å². The topological polar surface area (TPSA) is 12.0 Å². The molecule has 0 aromatic rings. The normalized spacial score (nSPS) is 38.8. The van der Waals surface area contributed by atoms with Crippen LogP contribution in [0.25, 0.3) is 0 Å². The first-order valence-corrected chi connectivity index (χ1v) is 5.22. The lowest BCUT2D eigenvalue weighted by molar-refractivity contribution is 0.176. The fraction of sp³-hybridized carbons (Fsp3) is 1.00. The number of rotatable bonds is 1. The van der Waals surface area contributed by atoms with Crippen molar-refractivity contribution in [2.24, 2.45) is 11.8 Å². The Kier molecular flexibility index (Phi) is 2.64. The first kappa shape index (κ1) is 8.49. The number of alkyl halides is 1. The molecule has 1 aliphatic heterocycles. The molecule has 0 bridgehead atoms. The summed E-state index contributed by atoms with van der Waals surface area (Å²) in [6.07, 6.45) is 6.00. The highest BCUT2D eigenvalue weighted by Gasteiger charge is 2.33. The van der Waals surface area contributed by atoms with E-state index in [1.807, 2.05) is 0 Å². The monoisotopic (exact) mass is 171 g/mol. The Morgan fingerprint density at radius 3 is 2.33 bits per heavy atom. The van der Waals surface area contributed by atoms with E-state index < -0.39 is 6.17 Å². The van der Waals surface area contributed by atoms with Crippen molar-refractivity contribution >= 4 is 0 Å². The van der Waals surface area contributed by atoms with Gasteiger partial charge in [-0.15, -0.1) is 0 Å². The van der Waals surface area contributed by atoms with Crippen molar-refractivity contribution in [3.8, 4) is 0 Å². The fourth-order valence-electron chi connectivity index (χ4n) is 2.69. The summed E-state index contributed by atoms with van der Waals surface area (Å²) in [6, 6.07) is 0. The molecule has 0 amide bonds. The Labute approximate surface area is 73.7 Å². The molecule has 2 rings (SSSR count). The van der Waals surface area contributed by atoms with E-state index >= 15 is 0 Å². The van der Waals surface area contributed by atoms with Crippen LogP contribution in [0.2, 0.25) is 0 Å². The van der Waals surface area contributed by atoms with Crippen molar-refractivity contribution in [3.63, 3.8) is 0 Å². The molecule has 2 atom stereocenters. The van der Waals surface area contributed by atoms with Crippen LogP contribution in [0.4, 0.5) is 4.39 Å². The lowest BCUT2D eigenvalue weighted by Gasteiger charge is -2.27. The minimum absolute atomic E-state index is 0.338. The number of nitrogens with one attached hydrogen (secondary N) is 1. The van der Waals surface area contributed by atoms with Crippen molar-refractivity contribution in [1.82, 2.24) is 5.32 Å². The van der Waals surface area contributed by atoms with Crippen molar-refractivity contribution in [2.45, 2.75) is 38.3 Å². The number of halogens is 1. The van der Waals surface area contributed by atoms with Gasteiger partial charge in [0.15, 0.2) is 0 Å². The van der Waals surface area contributed by atoms with Crippen molar-refractivity contribution in [1.29, 1.82) is 0 Å². The average Bonchev–Trinajstić information content (AvgIpc) is 2.53. The molecule has 2 aliphatic rings. The predicted molar refractivity (Wildman–Crippen MR) is 47.8 cm³/mol. The molecule has 1 saturated heterocycles. The molecule has 1 N–H and O–H groups in total. The largest absolute Gasteiger partial charge is 0.313 e. The molecule has 1 saturated carbocycles. The first-order chi connectivity index (χ1) is 5.88. The van der Waals surface area contributed by atoms with Gasteiger partial charge in [-0.05, 0) is 5.92 Å². The summed E-state index contributed by atoms with van der Waals surface area (Å²) in [7, 11) is 0. The second kappa shape index (κ2) is 3.73. The Balaban J connectivity index is 1.89. The molecule has 1 aliphatic carbocycles. The smallest absolute Gasteiger partial charge is 0.117 e. The van der Waals surface area contributed by atoms with Crippen LogP contribution in [0, 0.1) is 11.8 Å². The summed E-state index contributed by atoms with van der Waals surface area (Å²) in [4.78, 5) is 0. The lowest BCUT2D eigenvalue weighted by Crippen LogP contribution is -2.25. The third-order valence-electron chi connectivity index (χ3n) is 3.44. The van der Waals surface area contributed by atoms with Crippen LogP contribution in [-0.2, 0) is 0 Å². The zero-order chi connectivity index (χ0) is 8.39. The second-order valence-electron chi connectivity index (χ2n) is 4.24. The van der Waals surface area contributed by atoms with Gasteiger partial charge in [0.2, 0.25) is 0 Å². The minimum atomic E-state index is -0.562. The molecule has 1 nitrogen and oxygen atoms in total. The van der Waals surface area contributed by atoms with Gasteiger partial charge in [-0.1, -0.05) is 32.1 Å². The van der Waals surface area contributed by atoms with Crippen molar-refractivity contribution in [2.75, 3.05) is 13.1 Å². The number of hydrogen-bond acceptors (Lipinski definition) is 1. The average molecular weight is 171 g/mol. The van der Waals surface area contributed by atoms with Gasteiger partial charge < -0.3 is 5.32 Å². The molecule has 1 heterocycles. The van der Waals surface area contributed by atoms with E-state index in [1.165, 1.54) is 32.1 Å². The first-order valence-electron chi connectivity index (χ1n) is 5.22. The zero-order valence-electron chi connectivity index (χ0n) is 7.56. The van der Waals surface area contributed by atoms with E-state index in [0.717, 1.165) is 6.54 Å². The highest BCUT2D eigenvalue weighted by Crippen LogP contribution is 2.33. The quantitative estimate of drug-likeness (QED) is 0.637. The molecule has 70 valence electrons. The molecule has 0 spiro atoms. The Bertz CT molecular complexity index is 143. The summed E-state index contributed by atoms with van der Waals surface area (Å²) in [5.41, 5.74) is 0. The van der Waals surface area contributed by atoms with E-state index in [-0.39, 0.29) is 0 Å². The van der Waals surface area contributed by atoms with Crippen LogP contribution >= 0.6 is 0 Å². The van der Waals surface area contributed by atoms with Gasteiger partial charge in [-0.3, -0.25) is 0 Å². The predicted octanol–water partition coefficient (Wildman–Crippen LogP) is 2.12. The van der Waals surface area contributed by atoms with Crippen molar-refractivity contribution < 1.29 is 4.39 Å². The molecular weight excluding hydrogens is 153 g/mol. The van der Waals surface area contributed by atoms with Crippen LogP contribution in [-0.4, -0.2) is 19.3 Å². The van der Waals surface area contributed by atoms with E-state index in [1.54, 1.807) is 0 Å². The van der Waals surface area contributed by atoms with Gasteiger partial charge in [0.05, 0.1) is 0 Å². The van der Waals surface area contributed by atoms with E-state index in [2.05, 4.69) is 5.32 Å². The van der Waals surface area contributed by atoms with Gasteiger partial charge in [-0.25, -0.2) is 4.39 Å². The van der Waals surface area contributed by atoms with E-state index in [4.69, 9.17) is 0 Å². The molecule has 2 heteroatoms. The summed E-state index contributed by atoms with van der Waals surface area (Å²) >= 11 is 0. The molecule has 0 aromatic heterocycles. The van der Waals surface area contributed by atoms with Gasteiger partial charge in [0, 0.05) is 19.0 Å². The molecule has 0 aromatic carbocycles. The molecule has 0 unspecified atom stereocenters. The summed E-state index contributed by atoms with van der Waals surface area (Å²) in [5, 5.41) is 3.14. The summed E-state index contributed by atoms with van der Waals surface area (Å²) < 4.78 is 13.3. The highest BCUT2D eigenvalue weighted by atomic mass is 19.1. The van der Waals surface area contributed by atoms with Crippen LogP contribution in [0.3, 0.4) is 0 Å². The summed E-state index contributed by atoms with van der Waals surface area (Å²) in [5.74, 6) is 1.02. The highest BCUT2D eigenvalue weighted by molar-refractivity contribution is 4.87. The molecular formula is C10H18FN. The maximum atomic E-state index is 13.3. The standard InChI is InChI=1S/C10H18FN/c11-10-7-12-6-9(10)8-4-2-1-3-5-8/h8-10,12H,1-7H2/t9-,10-/m0/s1. The minimum Gasteiger partial charge on any atom is -0.313 e. The van der Waals surface area contributed by atoms with Gasteiger partial charge >= 0.3 is 0 Å². The zero-order valence-corrected chi connectivity index (χ0v) is 7.56. The molecule has 12 heavy (non-hydrogen) atoms. The van der Waals surface area contributed by atoms with Gasteiger partial charge in [0.25, 0.3) is 0 Å². The maximum absolute atomic E-state index is 13.3. The van der Waals surface area contributed by atoms with Crippen LogP contribution in [0.15, 0.2) is 0 Å². The third-order valence-corrected chi connectivity index (χ3v) is 3.44. The third kappa shape index (κ3) is 1.63. The van der Waals surface area contributed by atoms with E-state index in [9.17, 15) is 4.39 Å². The number of hydrogen-bond donors (Lipinski definition) is 1. The Hall–Kier alpha value is -0.110. The SMILES string of the molecule is F[C@H]1CNC[C@H]1C1CCCCC1. The molecule has 2 fully saturated rings. The second-order valence-corrected chi connectivity index (χ2v) is 4.24.